The number of likely N-dealkylation sites (tertiary alicyclic amines) is 1. The Balaban J connectivity index is 1.37. The molecule has 1 N–H and O–H groups in total. The normalized spacial score (nSPS) is 20.8. The van der Waals surface area contributed by atoms with Crippen molar-refractivity contribution >= 4 is 11.8 Å². The Bertz CT molecular complexity index is 603. The van der Waals surface area contributed by atoms with Crippen LogP contribution in [0.4, 0.5) is 0 Å². The first-order chi connectivity index (χ1) is 12.7. The number of piperidine rings is 1. The molecule has 2 aliphatic heterocycles. The van der Waals surface area contributed by atoms with Gasteiger partial charge in [0.1, 0.15) is 11.9 Å². The van der Waals surface area contributed by atoms with E-state index in [1.54, 1.807) is 7.11 Å². The van der Waals surface area contributed by atoms with E-state index in [0.29, 0.717) is 26.2 Å². The number of methoxy groups -OCH3 is 1. The standard InChI is InChI=1S/C20H28N2O4/c1-25-17-6-4-15(5-7-17)8-11-21-19(23)16-9-12-22(13-10-16)20(24)18-3-2-14-26-18/h4-7,16,18H,2-3,8-14H2,1H3,(H,21,23). The third-order valence-electron chi connectivity index (χ3n) is 5.25. The molecule has 0 aliphatic carbocycles. The zero-order valence-electron chi connectivity index (χ0n) is 15.4. The molecule has 6 heteroatoms. The topological polar surface area (TPSA) is 67.9 Å². The van der Waals surface area contributed by atoms with E-state index in [1.165, 1.54) is 5.56 Å². The highest BCUT2D eigenvalue weighted by atomic mass is 16.5. The highest BCUT2D eigenvalue weighted by Crippen LogP contribution is 2.21. The lowest BCUT2D eigenvalue weighted by Gasteiger charge is -2.32. The molecule has 1 unspecified atom stereocenters. The summed E-state index contributed by atoms with van der Waals surface area (Å²) in [5, 5.41) is 3.03. The zero-order chi connectivity index (χ0) is 18.4. The molecule has 1 atom stereocenters. The predicted octanol–water partition coefficient (Wildman–Crippen LogP) is 1.77. The number of benzene rings is 1. The third kappa shape index (κ3) is 4.75. The molecule has 2 aliphatic rings. The Hall–Kier alpha value is -2.08. The minimum atomic E-state index is -0.259. The van der Waals surface area contributed by atoms with Crippen molar-refractivity contribution in [1.29, 1.82) is 0 Å². The number of amides is 2. The molecule has 0 aromatic heterocycles. The summed E-state index contributed by atoms with van der Waals surface area (Å²) in [6.07, 6.45) is 3.78. The van der Waals surface area contributed by atoms with Gasteiger partial charge in [-0.05, 0) is 49.8 Å². The minimum absolute atomic E-state index is 0.000543. The van der Waals surface area contributed by atoms with Crippen LogP contribution in [-0.4, -0.2) is 56.2 Å². The van der Waals surface area contributed by atoms with Crippen LogP contribution in [-0.2, 0) is 20.7 Å². The average Bonchev–Trinajstić information content (AvgIpc) is 3.23. The van der Waals surface area contributed by atoms with E-state index in [9.17, 15) is 9.59 Å². The van der Waals surface area contributed by atoms with E-state index in [2.05, 4.69) is 5.32 Å². The second-order valence-corrected chi connectivity index (χ2v) is 6.99. The van der Waals surface area contributed by atoms with Crippen LogP contribution in [0.5, 0.6) is 5.75 Å². The van der Waals surface area contributed by atoms with E-state index < -0.39 is 0 Å². The minimum Gasteiger partial charge on any atom is -0.497 e. The quantitative estimate of drug-likeness (QED) is 0.840. The van der Waals surface area contributed by atoms with Crippen LogP contribution >= 0.6 is 0 Å². The summed E-state index contributed by atoms with van der Waals surface area (Å²) in [6.45, 7) is 2.61. The van der Waals surface area contributed by atoms with Crippen LogP contribution in [0.25, 0.3) is 0 Å². The van der Waals surface area contributed by atoms with Gasteiger partial charge < -0.3 is 19.7 Å². The Morgan fingerprint density at radius 3 is 2.54 bits per heavy atom. The van der Waals surface area contributed by atoms with Crippen molar-refractivity contribution in [3.05, 3.63) is 29.8 Å². The molecule has 0 saturated carbocycles. The van der Waals surface area contributed by atoms with Gasteiger partial charge in [0.2, 0.25) is 5.91 Å². The summed E-state index contributed by atoms with van der Waals surface area (Å²) < 4.78 is 10.6. The second kappa shape index (κ2) is 9.03. The monoisotopic (exact) mass is 360 g/mol. The number of rotatable bonds is 6. The average molecular weight is 360 g/mol. The maximum Gasteiger partial charge on any atom is 0.251 e. The number of carbonyl (C=O) groups is 2. The van der Waals surface area contributed by atoms with Gasteiger partial charge >= 0.3 is 0 Å². The van der Waals surface area contributed by atoms with Crippen molar-refractivity contribution in [2.45, 2.75) is 38.2 Å². The maximum absolute atomic E-state index is 12.4. The second-order valence-electron chi connectivity index (χ2n) is 6.99. The van der Waals surface area contributed by atoms with Crippen LogP contribution in [0, 0.1) is 5.92 Å². The fourth-order valence-corrected chi connectivity index (χ4v) is 3.60. The van der Waals surface area contributed by atoms with Gasteiger partial charge in [-0.25, -0.2) is 0 Å². The molecule has 2 saturated heterocycles. The molecule has 0 radical (unpaired) electrons. The third-order valence-corrected chi connectivity index (χ3v) is 5.25. The zero-order valence-corrected chi connectivity index (χ0v) is 15.4. The maximum atomic E-state index is 12.4. The first-order valence-corrected chi connectivity index (χ1v) is 9.48. The number of ether oxygens (including phenoxy) is 2. The molecule has 6 nitrogen and oxygen atoms in total. The summed E-state index contributed by atoms with van der Waals surface area (Å²) in [4.78, 5) is 26.6. The van der Waals surface area contributed by atoms with E-state index in [-0.39, 0.29) is 23.8 Å². The van der Waals surface area contributed by atoms with Crippen molar-refractivity contribution in [2.24, 2.45) is 5.92 Å². The van der Waals surface area contributed by atoms with Gasteiger partial charge in [0.05, 0.1) is 7.11 Å². The van der Waals surface area contributed by atoms with Crippen LogP contribution in [0.15, 0.2) is 24.3 Å². The van der Waals surface area contributed by atoms with Gasteiger partial charge in [-0.15, -0.1) is 0 Å². The highest BCUT2D eigenvalue weighted by Gasteiger charge is 2.32. The summed E-state index contributed by atoms with van der Waals surface area (Å²) in [5.74, 6) is 1.03. The molecule has 1 aromatic carbocycles. The van der Waals surface area contributed by atoms with Crippen molar-refractivity contribution in [2.75, 3.05) is 33.4 Å². The van der Waals surface area contributed by atoms with Gasteiger partial charge in [-0.3, -0.25) is 9.59 Å². The molecule has 3 rings (SSSR count). The first kappa shape index (κ1) is 18.7. The first-order valence-electron chi connectivity index (χ1n) is 9.48. The lowest BCUT2D eigenvalue weighted by molar-refractivity contribution is -0.143. The van der Waals surface area contributed by atoms with Gasteiger partial charge in [0.25, 0.3) is 5.91 Å². The smallest absolute Gasteiger partial charge is 0.251 e. The fraction of sp³-hybridized carbons (Fsp3) is 0.600. The summed E-state index contributed by atoms with van der Waals surface area (Å²) in [5.41, 5.74) is 1.17. The van der Waals surface area contributed by atoms with Crippen LogP contribution in [0.2, 0.25) is 0 Å². The molecule has 2 heterocycles. The Kier molecular flexibility index (Phi) is 6.50. The Morgan fingerprint density at radius 1 is 1.19 bits per heavy atom. The van der Waals surface area contributed by atoms with Crippen molar-refractivity contribution in [1.82, 2.24) is 10.2 Å². The van der Waals surface area contributed by atoms with Crippen molar-refractivity contribution in [3.63, 3.8) is 0 Å². The molecular weight excluding hydrogens is 332 g/mol. The molecule has 2 amide bonds. The van der Waals surface area contributed by atoms with Gasteiger partial charge in [-0.2, -0.15) is 0 Å². The van der Waals surface area contributed by atoms with Crippen LogP contribution in [0.3, 0.4) is 0 Å². The van der Waals surface area contributed by atoms with E-state index in [4.69, 9.17) is 9.47 Å². The van der Waals surface area contributed by atoms with Crippen molar-refractivity contribution in [3.8, 4) is 5.75 Å². The molecule has 26 heavy (non-hydrogen) atoms. The summed E-state index contributed by atoms with van der Waals surface area (Å²) >= 11 is 0. The SMILES string of the molecule is COc1ccc(CCNC(=O)C2CCN(C(=O)C3CCCO3)CC2)cc1. The van der Waals surface area contributed by atoms with Gasteiger partial charge in [0, 0.05) is 32.2 Å². The molecular formula is C20H28N2O4. The number of nitrogens with zero attached hydrogens (tertiary/aromatic N) is 1. The van der Waals surface area contributed by atoms with Crippen molar-refractivity contribution < 1.29 is 19.1 Å². The van der Waals surface area contributed by atoms with E-state index >= 15 is 0 Å². The molecule has 0 bridgehead atoms. The number of hydrogen-bond donors (Lipinski definition) is 1. The van der Waals surface area contributed by atoms with E-state index in [0.717, 1.165) is 37.9 Å². The molecule has 0 spiro atoms. The number of hydrogen-bond acceptors (Lipinski definition) is 4. The molecule has 1 aromatic rings. The van der Waals surface area contributed by atoms with Crippen LogP contribution < -0.4 is 10.1 Å². The summed E-state index contributed by atoms with van der Waals surface area (Å²) in [7, 11) is 1.65. The number of carbonyl (C=O) groups excluding carboxylic acids is 2. The molecule has 2 fully saturated rings. The predicted molar refractivity (Wildman–Crippen MR) is 98.0 cm³/mol. The fourth-order valence-electron chi connectivity index (χ4n) is 3.60. The van der Waals surface area contributed by atoms with Crippen LogP contribution in [0.1, 0.15) is 31.2 Å². The Morgan fingerprint density at radius 2 is 1.92 bits per heavy atom. The van der Waals surface area contributed by atoms with E-state index in [1.807, 2.05) is 29.2 Å². The number of nitrogens with one attached hydrogen (secondary N) is 1. The lowest BCUT2D eigenvalue weighted by atomic mass is 9.95. The lowest BCUT2D eigenvalue weighted by Crippen LogP contribution is -2.46. The largest absolute Gasteiger partial charge is 0.497 e. The summed E-state index contributed by atoms with van der Waals surface area (Å²) in [6, 6.07) is 7.89. The molecule has 142 valence electrons. The van der Waals surface area contributed by atoms with Gasteiger partial charge in [0.15, 0.2) is 0 Å². The van der Waals surface area contributed by atoms with Gasteiger partial charge in [-0.1, -0.05) is 12.1 Å². The Labute approximate surface area is 154 Å². The highest BCUT2D eigenvalue weighted by molar-refractivity contribution is 5.82.